The van der Waals surface area contributed by atoms with Crippen LogP contribution < -0.4 is 0 Å². The van der Waals surface area contributed by atoms with Gasteiger partial charge in [-0.05, 0) is 0 Å². The molecule has 0 aliphatic carbocycles. The van der Waals surface area contributed by atoms with Crippen LogP contribution >= 0.6 is 0 Å². The van der Waals surface area contributed by atoms with E-state index < -0.39 is 6.10 Å². The van der Waals surface area contributed by atoms with Gasteiger partial charge in [0.2, 0.25) is 0 Å². The summed E-state index contributed by atoms with van der Waals surface area (Å²) in [5.41, 5.74) is 0.736. The maximum absolute atomic E-state index is 9.08. The second-order valence-electron chi connectivity index (χ2n) is 2.99. The van der Waals surface area contributed by atoms with Gasteiger partial charge in [-0.25, -0.2) is 0 Å². The minimum Gasteiger partial charge on any atom is -0.411 e. The molecule has 0 spiro atoms. The predicted octanol–water partition coefficient (Wildman–Crippen LogP) is -1.12. The molecule has 1 atom stereocenters. The molecule has 5 nitrogen and oxygen atoms in total. The van der Waals surface area contributed by atoms with Crippen LogP contribution in [0, 0.1) is 0 Å². The van der Waals surface area contributed by atoms with E-state index >= 15 is 0 Å². The normalized spacial score (nSPS) is 25.0. The Kier molecular flexibility index (Phi) is 3.46. The molecule has 0 saturated carbocycles. The Morgan fingerprint density at radius 3 is 2.83 bits per heavy atom. The van der Waals surface area contributed by atoms with Crippen molar-refractivity contribution in [1.82, 2.24) is 4.90 Å². The van der Waals surface area contributed by atoms with Crippen LogP contribution in [0.4, 0.5) is 0 Å². The second kappa shape index (κ2) is 4.39. The molecule has 0 amide bonds. The Morgan fingerprint density at radius 2 is 2.33 bits per heavy atom. The molecule has 1 rings (SSSR count). The minimum atomic E-state index is -0.692. The quantitative estimate of drug-likeness (QED) is 0.374. The number of aliphatic hydroxyl groups excluding tert-OH is 2. The fourth-order valence-corrected chi connectivity index (χ4v) is 1.30. The Hall–Kier alpha value is -0.650. The highest BCUT2D eigenvalue weighted by molar-refractivity contribution is 5.87. The summed E-state index contributed by atoms with van der Waals surface area (Å²) in [6, 6.07) is 0. The SMILES string of the molecule is OCC(O)CN1CC/C(=N/O)C1. The van der Waals surface area contributed by atoms with Crippen LogP contribution in [-0.4, -0.2) is 58.4 Å². The van der Waals surface area contributed by atoms with Crippen molar-refractivity contribution in [3.8, 4) is 0 Å². The number of rotatable bonds is 3. The molecular weight excluding hydrogens is 160 g/mol. The lowest BCUT2D eigenvalue weighted by Gasteiger charge is -2.16. The summed E-state index contributed by atoms with van der Waals surface area (Å²) in [6.45, 7) is 1.60. The van der Waals surface area contributed by atoms with Crippen LogP contribution in [0.15, 0.2) is 5.16 Å². The molecule has 5 heteroatoms. The molecule has 1 fully saturated rings. The number of aliphatic hydroxyl groups is 2. The van der Waals surface area contributed by atoms with Crippen LogP contribution in [-0.2, 0) is 0 Å². The average molecular weight is 174 g/mol. The fraction of sp³-hybridized carbons (Fsp3) is 0.857. The number of nitrogens with zero attached hydrogens (tertiary/aromatic N) is 2. The first-order valence-electron chi connectivity index (χ1n) is 3.97. The van der Waals surface area contributed by atoms with Gasteiger partial charge < -0.3 is 15.4 Å². The number of hydrogen-bond acceptors (Lipinski definition) is 5. The molecule has 0 aromatic rings. The zero-order valence-electron chi connectivity index (χ0n) is 6.85. The summed E-state index contributed by atoms with van der Waals surface area (Å²) in [5.74, 6) is 0. The molecule has 1 unspecified atom stereocenters. The Bertz CT molecular complexity index is 172. The molecule has 1 saturated heterocycles. The van der Waals surface area contributed by atoms with Crippen molar-refractivity contribution in [1.29, 1.82) is 0 Å². The molecule has 0 aromatic carbocycles. The Morgan fingerprint density at radius 1 is 1.58 bits per heavy atom. The van der Waals surface area contributed by atoms with Crippen molar-refractivity contribution in [2.45, 2.75) is 12.5 Å². The lowest BCUT2D eigenvalue weighted by atomic mass is 10.3. The standard InChI is InChI=1S/C7H14N2O3/c10-5-7(11)4-9-2-1-6(3-9)8-12/h7,10-12H,1-5H2/b8-6-. The van der Waals surface area contributed by atoms with Crippen LogP contribution in [0.3, 0.4) is 0 Å². The van der Waals surface area contributed by atoms with Crippen LogP contribution in [0.2, 0.25) is 0 Å². The molecule has 3 N–H and O–H groups in total. The van der Waals surface area contributed by atoms with Gasteiger partial charge in [-0.2, -0.15) is 0 Å². The highest BCUT2D eigenvalue weighted by atomic mass is 16.4. The first-order valence-corrected chi connectivity index (χ1v) is 3.97. The van der Waals surface area contributed by atoms with Crippen LogP contribution in [0.1, 0.15) is 6.42 Å². The number of β-amino-alcohol motifs (C(OH)–C–C–N with tert-alkyl or cyclic N) is 1. The largest absolute Gasteiger partial charge is 0.411 e. The zero-order chi connectivity index (χ0) is 8.97. The van der Waals surface area contributed by atoms with E-state index in [0.29, 0.717) is 13.1 Å². The van der Waals surface area contributed by atoms with E-state index in [1.54, 1.807) is 0 Å². The van der Waals surface area contributed by atoms with Gasteiger partial charge in [0.25, 0.3) is 0 Å². The lowest BCUT2D eigenvalue weighted by molar-refractivity contribution is 0.0672. The van der Waals surface area contributed by atoms with Crippen molar-refractivity contribution in [3.63, 3.8) is 0 Å². The van der Waals surface area contributed by atoms with E-state index in [2.05, 4.69) is 5.16 Å². The van der Waals surface area contributed by atoms with E-state index in [0.717, 1.165) is 18.7 Å². The predicted molar refractivity (Wildman–Crippen MR) is 43.4 cm³/mol. The van der Waals surface area contributed by atoms with Gasteiger partial charge in [-0.3, -0.25) is 4.90 Å². The molecule has 0 bridgehead atoms. The summed E-state index contributed by atoms with van der Waals surface area (Å²) in [7, 11) is 0. The smallest absolute Gasteiger partial charge is 0.0897 e. The zero-order valence-corrected chi connectivity index (χ0v) is 6.85. The van der Waals surface area contributed by atoms with Gasteiger partial charge in [0.05, 0.1) is 18.4 Å². The maximum Gasteiger partial charge on any atom is 0.0897 e. The van der Waals surface area contributed by atoms with E-state index in [9.17, 15) is 0 Å². The maximum atomic E-state index is 9.08. The monoisotopic (exact) mass is 174 g/mol. The van der Waals surface area contributed by atoms with E-state index in [1.807, 2.05) is 4.90 Å². The van der Waals surface area contributed by atoms with Gasteiger partial charge in [0.15, 0.2) is 0 Å². The summed E-state index contributed by atoms with van der Waals surface area (Å²) in [6.07, 6.45) is 0.0531. The number of likely N-dealkylation sites (tertiary alicyclic amines) is 1. The Balaban J connectivity index is 2.28. The first-order chi connectivity index (χ1) is 5.76. The molecule has 1 heterocycles. The van der Waals surface area contributed by atoms with Crippen LogP contribution in [0.5, 0.6) is 0 Å². The first kappa shape index (κ1) is 9.44. The fourth-order valence-electron chi connectivity index (χ4n) is 1.30. The van der Waals surface area contributed by atoms with Crippen molar-refractivity contribution in [2.24, 2.45) is 5.16 Å². The molecule has 0 aromatic heterocycles. The third-order valence-electron chi connectivity index (χ3n) is 1.94. The molecule has 12 heavy (non-hydrogen) atoms. The van der Waals surface area contributed by atoms with Gasteiger partial charge >= 0.3 is 0 Å². The number of oxime groups is 1. The molecule has 1 aliphatic rings. The summed E-state index contributed by atoms with van der Waals surface area (Å²) < 4.78 is 0. The molecular formula is C7H14N2O3. The molecule has 1 aliphatic heterocycles. The van der Waals surface area contributed by atoms with Crippen molar-refractivity contribution in [2.75, 3.05) is 26.2 Å². The minimum absolute atomic E-state index is 0.220. The number of hydrogen-bond donors (Lipinski definition) is 3. The van der Waals surface area contributed by atoms with E-state index in [4.69, 9.17) is 15.4 Å². The van der Waals surface area contributed by atoms with Crippen molar-refractivity contribution < 1.29 is 15.4 Å². The highest BCUT2D eigenvalue weighted by Gasteiger charge is 2.20. The Labute approximate surface area is 70.9 Å². The second-order valence-corrected chi connectivity index (χ2v) is 2.99. The van der Waals surface area contributed by atoms with Gasteiger partial charge in [0, 0.05) is 26.1 Å². The summed E-state index contributed by atoms with van der Waals surface area (Å²) in [4.78, 5) is 1.94. The molecule has 0 radical (unpaired) electrons. The van der Waals surface area contributed by atoms with Gasteiger partial charge in [-0.15, -0.1) is 0 Å². The van der Waals surface area contributed by atoms with Gasteiger partial charge in [-0.1, -0.05) is 5.16 Å². The van der Waals surface area contributed by atoms with Crippen LogP contribution in [0.25, 0.3) is 0 Å². The van der Waals surface area contributed by atoms with Crippen molar-refractivity contribution in [3.05, 3.63) is 0 Å². The molecule has 70 valence electrons. The van der Waals surface area contributed by atoms with Crippen molar-refractivity contribution >= 4 is 5.71 Å². The topological polar surface area (TPSA) is 76.3 Å². The summed E-state index contributed by atoms with van der Waals surface area (Å²) in [5, 5.41) is 29.2. The van der Waals surface area contributed by atoms with E-state index in [1.165, 1.54) is 0 Å². The van der Waals surface area contributed by atoms with Gasteiger partial charge in [0.1, 0.15) is 0 Å². The lowest BCUT2D eigenvalue weighted by Crippen LogP contribution is -2.32. The third kappa shape index (κ3) is 2.44. The third-order valence-corrected chi connectivity index (χ3v) is 1.94. The van der Waals surface area contributed by atoms with E-state index in [-0.39, 0.29) is 6.61 Å². The highest BCUT2D eigenvalue weighted by Crippen LogP contribution is 2.05. The average Bonchev–Trinajstić information content (AvgIpc) is 2.52. The summed E-state index contributed by atoms with van der Waals surface area (Å²) >= 11 is 0.